The molecule has 1 aliphatic rings. The number of hydrogen-bond acceptors (Lipinski definition) is 2. The summed E-state index contributed by atoms with van der Waals surface area (Å²) in [5.74, 6) is 0.0568. The zero-order chi connectivity index (χ0) is 13.2. The zero-order valence-electron chi connectivity index (χ0n) is 11.2. The van der Waals surface area contributed by atoms with E-state index in [1.807, 2.05) is 24.5 Å². The topological polar surface area (TPSA) is 46.9 Å². The van der Waals surface area contributed by atoms with Gasteiger partial charge in [0.05, 0.1) is 23.4 Å². The lowest BCUT2D eigenvalue weighted by Crippen LogP contribution is -2.41. The van der Waals surface area contributed by atoms with Crippen molar-refractivity contribution in [3.8, 4) is 0 Å². The van der Waals surface area contributed by atoms with Crippen molar-refractivity contribution in [2.75, 3.05) is 0 Å². The van der Waals surface area contributed by atoms with Gasteiger partial charge in [0.2, 0.25) is 5.91 Å². The number of imidazole rings is 1. The zero-order valence-corrected chi connectivity index (χ0v) is 11.2. The predicted octanol–water partition coefficient (Wildman–Crippen LogP) is 2.66. The van der Waals surface area contributed by atoms with E-state index in [4.69, 9.17) is 0 Å². The molecule has 0 unspecified atom stereocenters. The molecule has 0 spiro atoms. The number of carbonyl (C=O) groups is 1. The fourth-order valence-electron chi connectivity index (χ4n) is 3.12. The van der Waals surface area contributed by atoms with Gasteiger partial charge in [0.15, 0.2) is 0 Å². The summed E-state index contributed by atoms with van der Waals surface area (Å²) in [4.78, 5) is 15.8. The number of carbonyl (C=O) groups excluding carboxylic acids is 1. The summed E-state index contributed by atoms with van der Waals surface area (Å²) in [6.07, 6.45) is 6.47. The largest absolute Gasteiger partial charge is 0.352 e. The highest BCUT2D eigenvalue weighted by molar-refractivity contribution is 5.75. The molecule has 100 valence electrons. The first-order chi connectivity index (χ1) is 9.25. The van der Waals surface area contributed by atoms with Crippen molar-refractivity contribution in [2.24, 2.45) is 0 Å². The SMILES string of the molecule is CC(=O)N[C@@H]1CCCC[C@H]1n1cnc2ccccc21. The Balaban J connectivity index is 1.95. The highest BCUT2D eigenvalue weighted by Gasteiger charge is 2.27. The van der Waals surface area contributed by atoms with E-state index in [0.29, 0.717) is 6.04 Å². The fourth-order valence-corrected chi connectivity index (χ4v) is 3.12. The molecule has 4 nitrogen and oxygen atoms in total. The van der Waals surface area contributed by atoms with Gasteiger partial charge in [-0.05, 0) is 25.0 Å². The first-order valence-electron chi connectivity index (χ1n) is 6.94. The lowest BCUT2D eigenvalue weighted by Gasteiger charge is -2.33. The average molecular weight is 257 g/mol. The number of amides is 1. The highest BCUT2D eigenvalue weighted by Crippen LogP contribution is 2.31. The average Bonchev–Trinajstić information content (AvgIpc) is 2.82. The summed E-state index contributed by atoms with van der Waals surface area (Å²) >= 11 is 0. The van der Waals surface area contributed by atoms with Gasteiger partial charge in [-0.1, -0.05) is 25.0 Å². The van der Waals surface area contributed by atoms with E-state index in [1.165, 1.54) is 12.8 Å². The normalized spacial score (nSPS) is 23.4. The standard InChI is InChI=1S/C15H19N3O/c1-11(19)17-13-7-3-5-9-15(13)18-10-16-12-6-2-4-8-14(12)18/h2,4,6,8,10,13,15H,3,5,7,9H2,1H3,(H,17,19)/t13-,15-/m1/s1. The number of aromatic nitrogens is 2. The van der Waals surface area contributed by atoms with E-state index in [0.717, 1.165) is 23.9 Å². The maximum absolute atomic E-state index is 11.4. The van der Waals surface area contributed by atoms with Crippen LogP contribution in [0, 0.1) is 0 Å². The monoisotopic (exact) mass is 257 g/mol. The Morgan fingerprint density at radius 2 is 2.11 bits per heavy atom. The molecule has 2 aromatic rings. The number of rotatable bonds is 2. The molecule has 1 aliphatic carbocycles. The van der Waals surface area contributed by atoms with E-state index in [1.54, 1.807) is 6.92 Å². The van der Waals surface area contributed by atoms with E-state index in [9.17, 15) is 4.79 Å². The minimum atomic E-state index is 0.0568. The molecule has 1 aromatic carbocycles. The number of hydrogen-bond donors (Lipinski definition) is 1. The summed E-state index contributed by atoms with van der Waals surface area (Å²) < 4.78 is 2.23. The highest BCUT2D eigenvalue weighted by atomic mass is 16.1. The molecule has 1 aromatic heterocycles. The second kappa shape index (κ2) is 5.03. The van der Waals surface area contributed by atoms with Gasteiger partial charge in [0, 0.05) is 13.0 Å². The fraction of sp³-hybridized carbons (Fsp3) is 0.467. The molecule has 0 saturated heterocycles. The van der Waals surface area contributed by atoms with Crippen molar-refractivity contribution >= 4 is 16.9 Å². The molecular formula is C15H19N3O. The summed E-state index contributed by atoms with van der Waals surface area (Å²) in [7, 11) is 0. The Hall–Kier alpha value is -1.84. The number of fused-ring (bicyclic) bond motifs is 1. The van der Waals surface area contributed by atoms with Crippen LogP contribution in [0.1, 0.15) is 38.6 Å². The molecule has 4 heteroatoms. The second-order valence-electron chi connectivity index (χ2n) is 5.30. The van der Waals surface area contributed by atoms with Crippen LogP contribution in [0.15, 0.2) is 30.6 Å². The van der Waals surface area contributed by atoms with Crippen molar-refractivity contribution in [3.05, 3.63) is 30.6 Å². The number of para-hydroxylation sites is 2. The van der Waals surface area contributed by atoms with Crippen LogP contribution >= 0.6 is 0 Å². The molecule has 1 fully saturated rings. The molecule has 0 radical (unpaired) electrons. The molecule has 1 saturated carbocycles. The Kier molecular flexibility index (Phi) is 3.23. The van der Waals surface area contributed by atoms with Gasteiger partial charge in [0.25, 0.3) is 0 Å². The van der Waals surface area contributed by atoms with Crippen LogP contribution in [0.4, 0.5) is 0 Å². The summed E-state index contributed by atoms with van der Waals surface area (Å²) in [5.41, 5.74) is 2.18. The Morgan fingerprint density at radius 3 is 2.95 bits per heavy atom. The van der Waals surface area contributed by atoms with Gasteiger partial charge in [-0.25, -0.2) is 4.98 Å². The van der Waals surface area contributed by atoms with Crippen LogP contribution in [0.5, 0.6) is 0 Å². The first-order valence-corrected chi connectivity index (χ1v) is 6.94. The summed E-state index contributed by atoms with van der Waals surface area (Å²) in [5, 5.41) is 3.10. The molecule has 1 amide bonds. The van der Waals surface area contributed by atoms with Crippen LogP contribution in [0.25, 0.3) is 11.0 Å². The third-order valence-electron chi connectivity index (χ3n) is 3.96. The molecule has 2 atom stereocenters. The van der Waals surface area contributed by atoms with Gasteiger partial charge in [-0.3, -0.25) is 4.79 Å². The molecule has 1 N–H and O–H groups in total. The van der Waals surface area contributed by atoms with Crippen LogP contribution < -0.4 is 5.32 Å². The van der Waals surface area contributed by atoms with Crippen molar-refractivity contribution in [1.29, 1.82) is 0 Å². The smallest absolute Gasteiger partial charge is 0.217 e. The predicted molar refractivity (Wildman–Crippen MR) is 74.8 cm³/mol. The quantitative estimate of drug-likeness (QED) is 0.899. The van der Waals surface area contributed by atoms with E-state index in [-0.39, 0.29) is 11.9 Å². The number of nitrogens with one attached hydrogen (secondary N) is 1. The van der Waals surface area contributed by atoms with Gasteiger partial charge in [0.1, 0.15) is 0 Å². The molecule has 0 bridgehead atoms. The van der Waals surface area contributed by atoms with Crippen LogP contribution in [-0.4, -0.2) is 21.5 Å². The molecule has 19 heavy (non-hydrogen) atoms. The Bertz CT molecular complexity index is 590. The van der Waals surface area contributed by atoms with Crippen molar-refractivity contribution in [2.45, 2.75) is 44.7 Å². The lowest BCUT2D eigenvalue weighted by atomic mass is 9.90. The molecule has 0 aliphatic heterocycles. The molecular weight excluding hydrogens is 238 g/mol. The van der Waals surface area contributed by atoms with Crippen molar-refractivity contribution in [1.82, 2.24) is 14.9 Å². The molecule has 3 rings (SSSR count). The molecule has 1 heterocycles. The van der Waals surface area contributed by atoms with Gasteiger partial charge < -0.3 is 9.88 Å². The van der Waals surface area contributed by atoms with Gasteiger partial charge in [-0.15, -0.1) is 0 Å². The summed E-state index contributed by atoms with van der Waals surface area (Å²) in [6.45, 7) is 1.59. The second-order valence-corrected chi connectivity index (χ2v) is 5.30. The third kappa shape index (κ3) is 2.35. The van der Waals surface area contributed by atoms with E-state index >= 15 is 0 Å². The van der Waals surface area contributed by atoms with Crippen molar-refractivity contribution in [3.63, 3.8) is 0 Å². The van der Waals surface area contributed by atoms with Gasteiger partial charge >= 0.3 is 0 Å². The van der Waals surface area contributed by atoms with Crippen LogP contribution in [0.3, 0.4) is 0 Å². The first kappa shape index (κ1) is 12.2. The van der Waals surface area contributed by atoms with Gasteiger partial charge in [-0.2, -0.15) is 0 Å². The van der Waals surface area contributed by atoms with Crippen LogP contribution in [-0.2, 0) is 4.79 Å². The minimum Gasteiger partial charge on any atom is -0.352 e. The maximum Gasteiger partial charge on any atom is 0.217 e. The minimum absolute atomic E-state index is 0.0568. The third-order valence-corrected chi connectivity index (χ3v) is 3.96. The summed E-state index contributed by atoms with van der Waals surface area (Å²) in [6, 6.07) is 8.72. The Morgan fingerprint density at radius 1 is 1.32 bits per heavy atom. The van der Waals surface area contributed by atoms with Crippen LogP contribution in [0.2, 0.25) is 0 Å². The lowest BCUT2D eigenvalue weighted by molar-refractivity contribution is -0.120. The van der Waals surface area contributed by atoms with E-state index in [2.05, 4.69) is 20.9 Å². The van der Waals surface area contributed by atoms with E-state index < -0.39 is 0 Å². The number of benzene rings is 1. The Labute approximate surface area is 112 Å². The number of nitrogens with zero attached hydrogens (tertiary/aromatic N) is 2. The van der Waals surface area contributed by atoms with Crippen molar-refractivity contribution < 1.29 is 4.79 Å². The maximum atomic E-state index is 11.4.